The van der Waals surface area contributed by atoms with Gasteiger partial charge in [-0.3, -0.25) is 4.79 Å². The van der Waals surface area contributed by atoms with Gasteiger partial charge in [-0.1, -0.05) is 30.3 Å². The van der Waals surface area contributed by atoms with Crippen molar-refractivity contribution in [2.45, 2.75) is 25.3 Å². The van der Waals surface area contributed by atoms with Crippen LogP contribution in [-0.4, -0.2) is 25.0 Å². The second-order valence-electron chi connectivity index (χ2n) is 4.18. The third-order valence-electron chi connectivity index (χ3n) is 2.93. The fourth-order valence-electron chi connectivity index (χ4n) is 2.00. The lowest BCUT2D eigenvalue weighted by Crippen LogP contribution is -2.48. The molecule has 2 rings (SSSR count). The average molecular weight is 218 g/mol. The molecule has 1 saturated heterocycles. The Morgan fingerprint density at radius 3 is 2.88 bits per heavy atom. The standard InChI is InChI=1S/C13H18N2O/c16-13-12(7-4-9-15-13)14-10-8-11-5-2-1-3-6-11/h1-3,5-6,12,14H,4,7-10H2,(H,15,16). The number of carbonyl (C=O) groups excluding carboxylic acids is 1. The first kappa shape index (κ1) is 11.1. The quantitative estimate of drug-likeness (QED) is 0.794. The first-order valence-corrected chi connectivity index (χ1v) is 5.91. The molecule has 1 aliphatic rings. The molecule has 0 radical (unpaired) electrons. The van der Waals surface area contributed by atoms with Crippen LogP contribution in [0.25, 0.3) is 0 Å². The van der Waals surface area contributed by atoms with E-state index in [0.717, 1.165) is 32.4 Å². The van der Waals surface area contributed by atoms with E-state index < -0.39 is 0 Å². The van der Waals surface area contributed by atoms with Crippen LogP contribution in [0.4, 0.5) is 0 Å². The second kappa shape index (κ2) is 5.66. The number of piperidine rings is 1. The summed E-state index contributed by atoms with van der Waals surface area (Å²) in [6, 6.07) is 10.3. The fraction of sp³-hybridized carbons (Fsp3) is 0.462. The first-order chi connectivity index (χ1) is 7.86. The maximum atomic E-state index is 11.5. The molecule has 2 N–H and O–H groups in total. The van der Waals surface area contributed by atoms with Crippen LogP contribution in [0.15, 0.2) is 30.3 Å². The molecule has 3 heteroatoms. The van der Waals surface area contributed by atoms with E-state index in [1.807, 2.05) is 18.2 Å². The van der Waals surface area contributed by atoms with Crippen LogP contribution >= 0.6 is 0 Å². The molecule has 1 amide bonds. The Morgan fingerprint density at radius 2 is 2.12 bits per heavy atom. The number of hydrogen-bond acceptors (Lipinski definition) is 2. The van der Waals surface area contributed by atoms with Crippen molar-refractivity contribution in [2.24, 2.45) is 0 Å². The van der Waals surface area contributed by atoms with Crippen LogP contribution in [0.1, 0.15) is 18.4 Å². The summed E-state index contributed by atoms with van der Waals surface area (Å²) in [7, 11) is 0. The molecule has 3 nitrogen and oxygen atoms in total. The number of hydrogen-bond donors (Lipinski definition) is 2. The summed E-state index contributed by atoms with van der Waals surface area (Å²) in [5, 5.41) is 6.19. The highest BCUT2D eigenvalue weighted by Gasteiger charge is 2.20. The lowest BCUT2D eigenvalue weighted by Gasteiger charge is -2.22. The summed E-state index contributed by atoms with van der Waals surface area (Å²) in [5.74, 6) is 0.152. The Morgan fingerprint density at radius 1 is 1.31 bits per heavy atom. The van der Waals surface area contributed by atoms with E-state index in [2.05, 4.69) is 22.8 Å². The van der Waals surface area contributed by atoms with Gasteiger partial charge < -0.3 is 10.6 Å². The molecule has 86 valence electrons. The van der Waals surface area contributed by atoms with E-state index in [4.69, 9.17) is 0 Å². The maximum absolute atomic E-state index is 11.5. The van der Waals surface area contributed by atoms with Crippen molar-refractivity contribution in [3.05, 3.63) is 35.9 Å². The minimum absolute atomic E-state index is 0.0115. The largest absolute Gasteiger partial charge is 0.355 e. The third-order valence-corrected chi connectivity index (χ3v) is 2.93. The van der Waals surface area contributed by atoms with E-state index in [0.29, 0.717) is 0 Å². The molecule has 1 aromatic rings. The molecule has 1 atom stereocenters. The van der Waals surface area contributed by atoms with Gasteiger partial charge >= 0.3 is 0 Å². The summed E-state index contributed by atoms with van der Waals surface area (Å²) in [6.07, 6.45) is 3.01. The molecule has 16 heavy (non-hydrogen) atoms. The molecule has 0 aromatic heterocycles. The topological polar surface area (TPSA) is 41.1 Å². The number of amides is 1. The number of benzene rings is 1. The lowest BCUT2D eigenvalue weighted by molar-refractivity contribution is -0.124. The van der Waals surface area contributed by atoms with Gasteiger partial charge in [0.05, 0.1) is 6.04 Å². The van der Waals surface area contributed by atoms with Crippen molar-refractivity contribution in [2.75, 3.05) is 13.1 Å². The van der Waals surface area contributed by atoms with Crippen LogP contribution in [0.3, 0.4) is 0 Å². The van der Waals surface area contributed by atoms with Gasteiger partial charge in [0.15, 0.2) is 0 Å². The molecular formula is C13H18N2O. The van der Waals surface area contributed by atoms with Crippen molar-refractivity contribution in [1.29, 1.82) is 0 Å². The van der Waals surface area contributed by atoms with E-state index in [9.17, 15) is 4.79 Å². The van der Waals surface area contributed by atoms with Crippen molar-refractivity contribution >= 4 is 5.91 Å². The molecule has 1 fully saturated rings. The molecule has 1 heterocycles. The minimum atomic E-state index is 0.0115. The van der Waals surface area contributed by atoms with Crippen LogP contribution in [-0.2, 0) is 11.2 Å². The van der Waals surface area contributed by atoms with Crippen LogP contribution in [0.5, 0.6) is 0 Å². The van der Waals surface area contributed by atoms with Gasteiger partial charge in [0, 0.05) is 6.54 Å². The average Bonchev–Trinajstić information content (AvgIpc) is 2.33. The van der Waals surface area contributed by atoms with E-state index in [1.54, 1.807) is 0 Å². The molecule has 1 aliphatic heterocycles. The van der Waals surface area contributed by atoms with E-state index in [1.165, 1.54) is 5.56 Å². The summed E-state index contributed by atoms with van der Waals surface area (Å²) < 4.78 is 0. The predicted molar refractivity (Wildman–Crippen MR) is 64.2 cm³/mol. The Balaban J connectivity index is 1.73. The Labute approximate surface area is 96.2 Å². The predicted octanol–water partition coefficient (Wildman–Crippen LogP) is 1.10. The van der Waals surface area contributed by atoms with Gasteiger partial charge in [0.25, 0.3) is 0 Å². The van der Waals surface area contributed by atoms with Crippen LogP contribution in [0, 0.1) is 0 Å². The molecular weight excluding hydrogens is 200 g/mol. The summed E-state index contributed by atoms with van der Waals surface area (Å²) >= 11 is 0. The number of rotatable bonds is 4. The van der Waals surface area contributed by atoms with Crippen molar-refractivity contribution < 1.29 is 4.79 Å². The highest BCUT2D eigenvalue weighted by Crippen LogP contribution is 2.03. The lowest BCUT2D eigenvalue weighted by atomic mass is 10.1. The first-order valence-electron chi connectivity index (χ1n) is 5.91. The van der Waals surface area contributed by atoms with Gasteiger partial charge in [-0.2, -0.15) is 0 Å². The SMILES string of the molecule is O=C1NCCCC1NCCc1ccccc1. The normalized spacial score (nSPS) is 20.5. The minimum Gasteiger partial charge on any atom is -0.355 e. The number of nitrogens with one attached hydrogen (secondary N) is 2. The molecule has 0 spiro atoms. The van der Waals surface area contributed by atoms with Gasteiger partial charge in [0.2, 0.25) is 5.91 Å². The second-order valence-corrected chi connectivity index (χ2v) is 4.18. The monoisotopic (exact) mass is 218 g/mol. The number of carbonyl (C=O) groups is 1. The summed E-state index contributed by atoms with van der Waals surface area (Å²) in [6.45, 7) is 1.69. The summed E-state index contributed by atoms with van der Waals surface area (Å²) in [5.41, 5.74) is 1.31. The van der Waals surface area contributed by atoms with E-state index >= 15 is 0 Å². The summed E-state index contributed by atoms with van der Waals surface area (Å²) in [4.78, 5) is 11.5. The molecule has 1 unspecified atom stereocenters. The molecule has 1 aromatic carbocycles. The third kappa shape index (κ3) is 3.07. The maximum Gasteiger partial charge on any atom is 0.237 e. The van der Waals surface area contributed by atoms with Gasteiger partial charge in [-0.25, -0.2) is 0 Å². The smallest absolute Gasteiger partial charge is 0.237 e. The van der Waals surface area contributed by atoms with E-state index in [-0.39, 0.29) is 11.9 Å². The molecule has 0 bridgehead atoms. The molecule has 0 saturated carbocycles. The van der Waals surface area contributed by atoms with Crippen LogP contribution in [0.2, 0.25) is 0 Å². The van der Waals surface area contributed by atoms with Gasteiger partial charge in [-0.05, 0) is 31.4 Å². The van der Waals surface area contributed by atoms with Crippen molar-refractivity contribution in [1.82, 2.24) is 10.6 Å². The van der Waals surface area contributed by atoms with Gasteiger partial charge in [-0.15, -0.1) is 0 Å². The zero-order valence-electron chi connectivity index (χ0n) is 9.41. The fourth-order valence-corrected chi connectivity index (χ4v) is 2.00. The van der Waals surface area contributed by atoms with Crippen molar-refractivity contribution in [3.8, 4) is 0 Å². The Bertz CT molecular complexity index is 337. The Hall–Kier alpha value is -1.35. The van der Waals surface area contributed by atoms with Crippen LogP contribution < -0.4 is 10.6 Å². The van der Waals surface area contributed by atoms with Gasteiger partial charge in [0.1, 0.15) is 0 Å². The molecule has 0 aliphatic carbocycles. The highest BCUT2D eigenvalue weighted by molar-refractivity contribution is 5.82. The Kier molecular flexibility index (Phi) is 3.94. The zero-order valence-corrected chi connectivity index (χ0v) is 9.41. The zero-order chi connectivity index (χ0) is 11.2. The highest BCUT2D eigenvalue weighted by atomic mass is 16.2. The van der Waals surface area contributed by atoms with Crippen molar-refractivity contribution in [3.63, 3.8) is 0 Å².